The zero-order chi connectivity index (χ0) is 16.6. The van der Waals surface area contributed by atoms with Crippen molar-refractivity contribution in [3.05, 3.63) is 45.0 Å². The first kappa shape index (κ1) is 15.4. The number of fused-ring (bicyclic) bond motifs is 1. The minimum absolute atomic E-state index is 0.0207. The highest BCUT2D eigenvalue weighted by molar-refractivity contribution is 7.17. The van der Waals surface area contributed by atoms with Gasteiger partial charge in [0, 0.05) is 29.5 Å². The Kier molecular flexibility index (Phi) is 4.01. The molecule has 7 nitrogen and oxygen atoms in total. The molecule has 3 aromatic rings. The lowest BCUT2D eigenvalue weighted by Gasteiger charge is -2.09. The Balaban J connectivity index is 2.13. The first-order valence-electron chi connectivity index (χ1n) is 6.46. The van der Waals surface area contributed by atoms with Crippen LogP contribution in [0.15, 0.2) is 28.6 Å². The molecular formula is C14H11ClN4O3S. The van der Waals surface area contributed by atoms with Gasteiger partial charge in [0.15, 0.2) is 0 Å². The van der Waals surface area contributed by atoms with Crippen LogP contribution in [0.3, 0.4) is 0 Å². The molecule has 0 aromatic carbocycles. The van der Waals surface area contributed by atoms with E-state index < -0.39 is 5.97 Å². The predicted octanol–water partition coefficient (Wildman–Crippen LogP) is 2.57. The number of hydrogen-bond acceptors (Lipinski definition) is 7. The second-order valence-electron chi connectivity index (χ2n) is 4.64. The number of esters is 1. The van der Waals surface area contributed by atoms with E-state index >= 15 is 0 Å². The number of nitrogens with zero attached hydrogens (tertiary/aromatic N) is 3. The third kappa shape index (κ3) is 2.78. The lowest BCUT2D eigenvalue weighted by atomic mass is 10.2. The first-order chi connectivity index (χ1) is 11.0. The average molecular weight is 351 g/mol. The Labute approximate surface area is 139 Å². The van der Waals surface area contributed by atoms with Crippen molar-refractivity contribution in [2.75, 3.05) is 12.4 Å². The fourth-order valence-corrected chi connectivity index (χ4v) is 3.08. The van der Waals surface area contributed by atoms with Gasteiger partial charge in [0.2, 0.25) is 5.28 Å². The first-order valence-corrected chi connectivity index (χ1v) is 7.71. The number of thiophene rings is 1. The van der Waals surface area contributed by atoms with Gasteiger partial charge in [-0.15, -0.1) is 11.3 Å². The van der Waals surface area contributed by atoms with E-state index in [9.17, 15) is 9.59 Å². The molecule has 118 valence electrons. The number of pyridine rings is 1. The zero-order valence-corrected chi connectivity index (χ0v) is 13.7. The van der Waals surface area contributed by atoms with Crippen LogP contribution in [0.2, 0.25) is 5.28 Å². The van der Waals surface area contributed by atoms with Crippen molar-refractivity contribution in [3.8, 4) is 0 Å². The van der Waals surface area contributed by atoms with Crippen LogP contribution in [0.5, 0.6) is 0 Å². The van der Waals surface area contributed by atoms with Gasteiger partial charge in [-0.25, -0.2) is 9.78 Å². The quantitative estimate of drug-likeness (QED) is 0.577. The molecule has 0 atom stereocenters. The molecular weight excluding hydrogens is 340 g/mol. The Morgan fingerprint density at radius 1 is 1.48 bits per heavy atom. The number of halogens is 1. The van der Waals surface area contributed by atoms with E-state index in [2.05, 4.69) is 15.3 Å². The van der Waals surface area contributed by atoms with E-state index in [4.69, 9.17) is 16.3 Å². The lowest BCUT2D eigenvalue weighted by Crippen LogP contribution is -2.16. The van der Waals surface area contributed by atoms with Crippen molar-refractivity contribution >= 4 is 50.5 Å². The number of ether oxygens (including phenoxy) is 1. The molecule has 0 saturated heterocycles. The number of carbonyl (C=O) groups excluding carboxylic acids is 1. The van der Waals surface area contributed by atoms with Crippen LogP contribution in [0.25, 0.3) is 10.1 Å². The summed E-state index contributed by atoms with van der Waals surface area (Å²) in [4.78, 5) is 31.9. The summed E-state index contributed by atoms with van der Waals surface area (Å²) in [6.07, 6.45) is 2.97. The zero-order valence-electron chi connectivity index (χ0n) is 12.2. The predicted molar refractivity (Wildman–Crippen MR) is 88.7 cm³/mol. The standard InChI is InChI=1S/C14H11ClN4O3S/c1-19-4-3-9-10(12(19)20)8(6-23-9)17-11-7(13(21)22-2)5-16-14(15)18-11/h3-6H,1-2H3,(H,16,17,18). The smallest absolute Gasteiger partial charge is 0.343 e. The molecule has 0 radical (unpaired) electrons. The van der Waals surface area contributed by atoms with Gasteiger partial charge in [0.25, 0.3) is 5.56 Å². The largest absolute Gasteiger partial charge is 0.465 e. The van der Waals surface area contributed by atoms with Crippen LogP contribution < -0.4 is 10.9 Å². The molecule has 0 aliphatic carbocycles. The van der Waals surface area contributed by atoms with E-state index in [1.807, 2.05) is 6.07 Å². The topological polar surface area (TPSA) is 86.1 Å². The molecule has 0 aliphatic rings. The summed E-state index contributed by atoms with van der Waals surface area (Å²) in [6.45, 7) is 0. The normalized spacial score (nSPS) is 10.7. The lowest BCUT2D eigenvalue weighted by molar-refractivity contribution is 0.0601. The minimum Gasteiger partial charge on any atom is -0.465 e. The molecule has 3 rings (SSSR count). The van der Waals surface area contributed by atoms with E-state index in [1.165, 1.54) is 29.2 Å². The fourth-order valence-electron chi connectivity index (χ4n) is 2.07. The number of anilines is 2. The van der Waals surface area contributed by atoms with Gasteiger partial charge in [-0.1, -0.05) is 0 Å². The Morgan fingerprint density at radius 2 is 2.26 bits per heavy atom. The van der Waals surface area contributed by atoms with E-state index in [-0.39, 0.29) is 22.2 Å². The van der Waals surface area contributed by atoms with Gasteiger partial charge in [0.05, 0.1) is 18.2 Å². The van der Waals surface area contributed by atoms with Crippen molar-refractivity contribution in [1.82, 2.24) is 14.5 Å². The molecule has 3 heterocycles. The summed E-state index contributed by atoms with van der Waals surface area (Å²) in [5.74, 6) is -0.418. The highest BCUT2D eigenvalue weighted by Crippen LogP contribution is 2.30. The summed E-state index contributed by atoms with van der Waals surface area (Å²) in [5, 5.41) is 5.26. The molecule has 0 saturated carbocycles. The molecule has 0 spiro atoms. The van der Waals surface area contributed by atoms with Crippen molar-refractivity contribution < 1.29 is 9.53 Å². The summed E-state index contributed by atoms with van der Waals surface area (Å²) >= 11 is 7.21. The van der Waals surface area contributed by atoms with Gasteiger partial charge in [-0.2, -0.15) is 4.98 Å². The second-order valence-corrected chi connectivity index (χ2v) is 5.89. The maximum absolute atomic E-state index is 12.3. The number of nitrogens with one attached hydrogen (secondary N) is 1. The van der Waals surface area contributed by atoms with Crippen LogP contribution in [-0.2, 0) is 11.8 Å². The molecule has 23 heavy (non-hydrogen) atoms. The highest BCUT2D eigenvalue weighted by atomic mass is 35.5. The number of rotatable bonds is 3. The fraction of sp³-hybridized carbons (Fsp3) is 0.143. The van der Waals surface area contributed by atoms with Crippen LogP contribution in [-0.4, -0.2) is 27.6 Å². The second kappa shape index (κ2) is 5.98. The summed E-state index contributed by atoms with van der Waals surface area (Å²) in [6, 6.07) is 1.85. The number of aryl methyl sites for hydroxylation is 1. The van der Waals surface area contributed by atoms with E-state index in [0.717, 1.165) is 4.70 Å². The van der Waals surface area contributed by atoms with Crippen LogP contribution >= 0.6 is 22.9 Å². The molecule has 0 aliphatic heterocycles. The summed E-state index contributed by atoms with van der Waals surface area (Å²) in [7, 11) is 2.93. The van der Waals surface area contributed by atoms with Gasteiger partial charge >= 0.3 is 5.97 Å². The highest BCUT2D eigenvalue weighted by Gasteiger charge is 2.17. The molecule has 0 amide bonds. The van der Waals surface area contributed by atoms with Crippen LogP contribution in [0, 0.1) is 0 Å². The van der Waals surface area contributed by atoms with Gasteiger partial charge in [0.1, 0.15) is 11.4 Å². The van der Waals surface area contributed by atoms with Crippen molar-refractivity contribution in [1.29, 1.82) is 0 Å². The van der Waals surface area contributed by atoms with Gasteiger partial charge < -0.3 is 14.6 Å². The Morgan fingerprint density at radius 3 is 3.00 bits per heavy atom. The maximum atomic E-state index is 12.3. The Hall–Kier alpha value is -2.45. The number of carbonyl (C=O) groups is 1. The van der Waals surface area contributed by atoms with Crippen molar-refractivity contribution in [2.24, 2.45) is 7.05 Å². The third-order valence-electron chi connectivity index (χ3n) is 3.22. The Bertz CT molecular complexity index is 966. The summed E-state index contributed by atoms with van der Waals surface area (Å²) in [5.41, 5.74) is 0.529. The molecule has 3 aromatic heterocycles. The SMILES string of the molecule is COC(=O)c1cnc(Cl)nc1Nc1csc2ccn(C)c(=O)c12. The molecule has 0 bridgehead atoms. The maximum Gasteiger partial charge on any atom is 0.343 e. The molecule has 0 fully saturated rings. The number of hydrogen-bond donors (Lipinski definition) is 1. The van der Waals surface area contributed by atoms with Crippen LogP contribution in [0.1, 0.15) is 10.4 Å². The number of aromatic nitrogens is 3. The molecule has 1 N–H and O–H groups in total. The molecule has 9 heteroatoms. The van der Waals surface area contributed by atoms with Crippen molar-refractivity contribution in [3.63, 3.8) is 0 Å². The minimum atomic E-state index is -0.600. The van der Waals surface area contributed by atoms with Gasteiger partial charge in [-0.3, -0.25) is 4.79 Å². The van der Waals surface area contributed by atoms with Crippen molar-refractivity contribution in [2.45, 2.75) is 0 Å². The van der Waals surface area contributed by atoms with Crippen LogP contribution in [0.4, 0.5) is 11.5 Å². The average Bonchev–Trinajstić information content (AvgIpc) is 2.94. The van der Waals surface area contributed by atoms with Gasteiger partial charge in [-0.05, 0) is 17.7 Å². The third-order valence-corrected chi connectivity index (χ3v) is 4.35. The monoisotopic (exact) mass is 350 g/mol. The summed E-state index contributed by atoms with van der Waals surface area (Å²) < 4.78 is 7.01. The number of methoxy groups -OCH3 is 1. The van der Waals surface area contributed by atoms with E-state index in [0.29, 0.717) is 11.1 Å². The van der Waals surface area contributed by atoms with E-state index in [1.54, 1.807) is 18.6 Å². The molecule has 0 unspecified atom stereocenters.